The third-order valence-corrected chi connectivity index (χ3v) is 1.24. The lowest BCUT2D eigenvalue weighted by Gasteiger charge is -1.92. The van der Waals surface area contributed by atoms with Gasteiger partial charge in [0.2, 0.25) is 5.95 Å². The van der Waals surface area contributed by atoms with E-state index in [1.807, 2.05) is 6.92 Å². The standard InChI is InChI=1S/C8H10N4/c1-7(5-9)6-12-8-10-3-2-4-11-8/h2-7,9H,1H3. The van der Waals surface area contributed by atoms with Gasteiger partial charge in [-0.2, -0.15) is 0 Å². The minimum absolute atomic E-state index is 0.0359. The van der Waals surface area contributed by atoms with E-state index in [9.17, 15) is 0 Å². The fourth-order valence-corrected chi connectivity index (χ4v) is 0.585. The van der Waals surface area contributed by atoms with Gasteiger partial charge in [0.05, 0.1) is 0 Å². The van der Waals surface area contributed by atoms with Crippen molar-refractivity contribution in [3.05, 3.63) is 18.5 Å². The van der Waals surface area contributed by atoms with Crippen LogP contribution < -0.4 is 0 Å². The molecule has 1 atom stereocenters. The van der Waals surface area contributed by atoms with Crippen LogP contribution in [0, 0.1) is 11.3 Å². The Kier molecular flexibility index (Phi) is 3.07. The highest BCUT2D eigenvalue weighted by Gasteiger charge is 1.91. The van der Waals surface area contributed by atoms with E-state index in [1.54, 1.807) is 24.7 Å². The van der Waals surface area contributed by atoms with Crippen molar-refractivity contribution in [2.45, 2.75) is 6.92 Å². The molecule has 0 fully saturated rings. The zero-order chi connectivity index (χ0) is 8.81. The van der Waals surface area contributed by atoms with Gasteiger partial charge in [-0.3, -0.25) is 0 Å². The molecule has 1 aromatic heterocycles. The minimum atomic E-state index is 0.0359. The summed E-state index contributed by atoms with van der Waals surface area (Å²) in [5, 5.41) is 6.92. The zero-order valence-corrected chi connectivity index (χ0v) is 6.81. The van der Waals surface area contributed by atoms with Crippen LogP contribution in [0.3, 0.4) is 0 Å². The number of aliphatic imine (C=N–C) groups is 1. The molecule has 0 aliphatic rings. The van der Waals surface area contributed by atoms with Gasteiger partial charge in [0, 0.05) is 30.7 Å². The minimum Gasteiger partial charge on any atom is -0.312 e. The predicted molar refractivity (Wildman–Crippen MR) is 48.1 cm³/mol. The highest BCUT2D eigenvalue weighted by atomic mass is 15.0. The molecule has 0 aliphatic carbocycles. The maximum atomic E-state index is 6.92. The van der Waals surface area contributed by atoms with E-state index in [1.165, 1.54) is 6.21 Å². The fourth-order valence-electron chi connectivity index (χ4n) is 0.585. The molecule has 0 saturated carbocycles. The number of nitrogens with one attached hydrogen (secondary N) is 1. The lowest BCUT2D eigenvalue weighted by atomic mass is 10.2. The van der Waals surface area contributed by atoms with E-state index in [-0.39, 0.29) is 5.92 Å². The molecule has 4 heteroatoms. The molecule has 1 rings (SSSR count). The number of hydrogen-bond acceptors (Lipinski definition) is 4. The van der Waals surface area contributed by atoms with Crippen LogP contribution in [0.4, 0.5) is 5.95 Å². The maximum absolute atomic E-state index is 6.92. The van der Waals surface area contributed by atoms with E-state index < -0.39 is 0 Å². The third-order valence-electron chi connectivity index (χ3n) is 1.24. The second kappa shape index (κ2) is 4.33. The predicted octanol–water partition coefficient (Wildman–Crippen LogP) is 1.46. The van der Waals surface area contributed by atoms with Gasteiger partial charge in [-0.05, 0) is 6.07 Å². The first-order chi connectivity index (χ1) is 5.83. The number of hydrogen-bond donors (Lipinski definition) is 1. The molecule has 0 saturated heterocycles. The summed E-state index contributed by atoms with van der Waals surface area (Å²) >= 11 is 0. The van der Waals surface area contributed by atoms with Gasteiger partial charge in [-0.25, -0.2) is 15.0 Å². The molecule has 0 aliphatic heterocycles. The Hall–Kier alpha value is -1.58. The first-order valence-corrected chi connectivity index (χ1v) is 3.64. The number of aromatic nitrogens is 2. The molecule has 0 radical (unpaired) electrons. The molecule has 0 aromatic carbocycles. The van der Waals surface area contributed by atoms with Gasteiger partial charge in [0.1, 0.15) is 0 Å². The topological polar surface area (TPSA) is 62.0 Å². The van der Waals surface area contributed by atoms with Crippen molar-refractivity contribution < 1.29 is 0 Å². The van der Waals surface area contributed by atoms with Gasteiger partial charge < -0.3 is 5.41 Å². The third kappa shape index (κ3) is 2.57. The van der Waals surface area contributed by atoms with Crippen molar-refractivity contribution in [2.75, 3.05) is 0 Å². The molecule has 0 amide bonds. The van der Waals surface area contributed by atoms with Gasteiger partial charge >= 0.3 is 0 Å². The van der Waals surface area contributed by atoms with Crippen molar-refractivity contribution in [1.29, 1.82) is 5.41 Å². The summed E-state index contributed by atoms with van der Waals surface area (Å²) in [7, 11) is 0. The van der Waals surface area contributed by atoms with Gasteiger partial charge in [-0.15, -0.1) is 0 Å². The summed E-state index contributed by atoms with van der Waals surface area (Å²) in [6.07, 6.45) is 6.22. The van der Waals surface area contributed by atoms with E-state index in [0.717, 1.165) is 0 Å². The van der Waals surface area contributed by atoms with Gasteiger partial charge in [0.25, 0.3) is 0 Å². The zero-order valence-electron chi connectivity index (χ0n) is 6.81. The Morgan fingerprint density at radius 1 is 1.50 bits per heavy atom. The molecule has 1 aromatic rings. The molecule has 62 valence electrons. The first kappa shape index (κ1) is 8.52. The quantitative estimate of drug-likeness (QED) is 0.684. The molecule has 1 N–H and O–H groups in total. The van der Waals surface area contributed by atoms with Crippen LogP contribution >= 0.6 is 0 Å². The molecule has 0 spiro atoms. The molecule has 4 nitrogen and oxygen atoms in total. The monoisotopic (exact) mass is 162 g/mol. The Balaban J connectivity index is 2.63. The highest BCUT2D eigenvalue weighted by molar-refractivity contribution is 5.82. The second-order valence-electron chi connectivity index (χ2n) is 2.35. The Morgan fingerprint density at radius 3 is 2.75 bits per heavy atom. The second-order valence-corrected chi connectivity index (χ2v) is 2.35. The van der Waals surface area contributed by atoms with Crippen LogP contribution in [0.5, 0.6) is 0 Å². The van der Waals surface area contributed by atoms with Crippen LogP contribution in [0.2, 0.25) is 0 Å². The van der Waals surface area contributed by atoms with Crippen molar-refractivity contribution in [2.24, 2.45) is 10.9 Å². The van der Waals surface area contributed by atoms with Crippen LogP contribution in [-0.4, -0.2) is 22.4 Å². The smallest absolute Gasteiger partial charge is 0.248 e. The molecule has 1 heterocycles. The maximum Gasteiger partial charge on any atom is 0.248 e. The SMILES string of the molecule is CC(C=N)C=Nc1ncccn1. The largest absolute Gasteiger partial charge is 0.312 e. The van der Waals surface area contributed by atoms with E-state index in [4.69, 9.17) is 5.41 Å². The summed E-state index contributed by atoms with van der Waals surface area (Å²) in [4.78, 5) is 11.8. The van der Waals surface area contributed by atoms with Crippen molar-refractivity contribution in [1.82, 2.24) is 9.97 Å². The molecular weight excluding hydrogens is 152 g/mol. The average Bonchev–Trinajstić information content (AvgIpc) is 2.16. The highest BCUT2D eigenvalue weighted by Crippen LogP contribution is 1.99. The van der Waals surface area contributed by atoms with Gasteiger partial charge in [-0.1, -0.05) is 6.92 Å². The molecule has 12 heavy (non-hydrogen) atoms. The van der Waals surface area contributed by atoms with Crippen LogP contribution in [0.15, 0.2) is 23.5 Å². The van der Waals surface area contributed by atoms with E-state index in [0.29, 0.717) is 5.95 Å². The first-order valence-electron chi connectivity index (χ1n) is 3.64. The lowest BCUT2D eigenvalue weighted by molar-refractivity contribution is 1.08. The van der Waals surface area contributed by atoms with E-state index >= 15 is 0 Å². The molecular formula is C8H10N4. The van der Waals surface area contributed by atoms with Crippen LogP contribution in [-0.2, 0) is 0 Å². The molecule has 1 unspecified atom stereocenters. The summed E-state index contributed by atoms with van der Waals surface area (Å²) in [6.45, 7) is 1.87. The normalized spacial score (nSPS) is 13.1. The van der Waals surface area contributed by atoms with Crippen LogP contribution in [0.1, 0.15) is 6.92 Å². The number of rotatable bonds is 3. The van der Waals surface area contributed by atoms with Crippen molar-refractivity contribution in [3.8, 4) is 0 Å². The Labute approximate surface area is 70.9 Å². The summed E-state index contributed by atoms with van der Waals surface area (Å²) < 4.78 is 0. The molecule has 0 bridgehead atoms. The number of nitrogens with zero attached hydrogens (tertiary/aromatic N) is 3. The summed E-state index contributed by atoms with van der Waals surface area (Å²) in [5.41, 5.74) is 0. The van der Waals surface area contributed by atoms with E-state index in [2.05, 4.69) is 15.0 Å². The van der Waals surface area contributed by atoms with Crippen molar-refractivity contribution in [3.63, 3.8) is 0 Å². The Morgan fingerprint density at radius 2 is 2.17 bits per heavy atom. The van der Waals surface area contributed by atoms with Gasteiger partial charge in [0.15, 0.2) is 0 Å². The summed E-state index contributed by atoms with van der Waals surface area (Å²) in [5.74, 6) is 0.472. The summed E-state index contributed by atoms with van der Waals surface area (Å²) in [6, 6.07) is 1.74. The average molecular weight is 162 g/mol. The lowest BCUT2D eigenvalue weighted by Crippen LogP contribution is -1.95. The van der Waals surface area contributed by atoms with Crippen molar-refractivity contribution >= 4 is 18.4 Å². The fraction of sp³-hybridized carbons (Fsp3) is 0.250. The Bertz CT molecular complexity index is 268. The van der Waals surface area contributed by atoms with Crippen LogP contribution in [0.25, 0.3) is 0 Å².